The first-order chi connectivity index (χ1) is 15.4. The molecule has 0 saturated carbocycles. The minimum atomic E-state index is -0.369. The van der Waals surface area contributed by atoms with E-state index in [9.17, 15) is 18.8 Å². The molecule has 3 amide bonds. The van der Waals surface area contributed by atoms with Crippen LogP contribution in [0.15, 0.2) is 36.7 Å². The number of halogens is 1. The third-order valence-corrected chi connectivity index (χ3v) is 6.33. The number of carbonyl (C=O) groups is 3. The average Bonchev–Trinajstić information content (AvgIpc) is 3.26. The number of carbonyl (C=O) groups excluding carboxylic acids is 3. The number of piperidine rings is 2. The van der Waals surface area contributed by atoms with Crippen LogP contribution >= 0.6 is 0 Å². The Labute approximate surface area is 186 Å². The van der Waals surface area contributed by atoms with Crippen molar-refractivity contribution < 1.29 is 18.8 Å². The molecule has 2 aromatic rings. The van der Waals surface area contributed by atoms with E-state index < -0.39 is 0 Å². The van der Waals surface area contributed by atoms with Crippen molar-refractivity contribution in [1.82, 2.24) is 24.9 Å². The van der Waals surface area contributed by atoms with Crippen molar-refractivity contribution >= 4 is 17.7 Å². The highest BCUT2D eigenvalue weighted by atomic mass is 19.1. The zero-order valence-electron chi connectivity index (χ0n) is 18.2. The van der Waals surface area contributed by atoms with Gasteiger partial charge in [0.05, 0.1) is 11.8 Å². The summed E-state index contributed by atoms with van der Waals surface area (Å²) in [5, 5.41) is 7.04. The maximum absolute atomic E-state index is 13.1. The molecule has 32 heavy (non-hydrogen) atoms. The number of nitrogens with zero attached hydrogens (tertiary/aromatic N) is 4. The molecule has 8 nitrogen and oxygen atoms in total. The van der Waals surface area contributed by atoms with Gasteiger partial charge in [-0.2, -0.15) is 5.10 Å². The van der Waals surface area contributed by atoms with E-state index in [-0.39, 0.29) is 35.5 Å². The molecule has 0 atom stereocenters. The Balaban J connectivity index is 1.22. The van der Waals surface area contributed by atoms with E-state index in [2.05, 4.69) is 10.4 Å². The maximum atomic E-state index is 13.1. The van der Waals surface area contributed by atoms with E-state index in [1.165, 1.54) is 24.3 Å². The number of hydrogen-bond donors (Lipinski definition) is 1. The number of hydrogen-bond acceptors (Lipinski definition) is 4. The summed E-state index contributed by atoms with van der Waals surface area (Å²) < 4.78 is 14.7. The first kappa shape index (κ1) is 22.0. The van der Waals surface area contributed by atoms with Crippen LogP contribution in [0.25, 0.3) is 0 Å². The van der Waals surface area contributed by atoms with Gasteiger partial charge in [-0.05, 0) is 49.9 Å². The van der Waals surface area contributed by atoms with Gasteiger partial charge >= 0.3 is 0 Å². The van der Waals surface area contributed by atoms with Crippen LogP contribution in [0.1, 0.15) is 46.4 Å². The van der Waals surface area contributed by atoms with Crippen LogP contribution in [0.5, 0.6) is 0 Å². The molecule has 4 rings (SSSR count). The molecule has 0 spiro atoms. The maximum Gasteiger partial charge on any atom is 0.254 e. The van der Waals surface area contributed by atoms with Gasteiger partial charge in [0.2, 0.25) is 5.91 Å². The molecule has 2 aliphatic heterocycles. The summed E-state index contributed by atoms with van der Waals surface area (Å²) in [6.07, 6.45) is 5.93. The number of amides is 3. The van der Waals surface area contributed by atoms with Crippen molar-refractivity contribution in [3.8, 4) is 0 Å². The summed E-state index contributed by atoms with van der Waals surface area (Å²) in [4.78, 5) is 41.5. The van der Waals surface area contributed by atoms with Crippen LogP contribution in [0, 0.1) is 11.7 Å². The summed E-state index contributed by atoms with van der Waals surface area (Å²) in [6.45, 7) is 2.27. The zero-order valence-corrected chi connectivity index (χ0v) is 18.2. The van der Waals surface area contributed by atoms with Crippen LogP contribution in [0.2, 0.25) is 0 Å². The molecule has 2 saturated heterocycles. The van der Waals surface area contributed by atoms with Crippen LogP contribution in [0.3, 0.4) is 0 Å². The summed E-state index contributed by atoms with van der Waals surface area (Å²) in [7, 11) is 1.77. The second-order valence-corrected chi connectivity index (χ2v) is 8.55. The highest BCUT2D eigenvalue weighted by Gasteiger charge is 2.32. The summed E-state index contributed by atoms with van der Waals surface area (Å²) in [5.74, 6) is -0.585. The molecule has 3 heterocycles. The minimum Gasteiger partial charge on any atom is -0.349 e. The molecule has 2 aliphatic rings. The molecule has 9 heteroatoms. The zero-order chi connectivity index (χ0) is 22.7. The summed E-state index contributed by atoms with van der Waals surface area (Å²) >= 11 is 0. The predicted molar refractivity (Wildman–Crippen MR) is 115 cm³/mol. The number of rotatable bonds is 4. The average molecular weight is 442 g/mol. The number of aromatic nitrogens is 2. The molecule has 0 aliphatic carbocycles. The monoisotopic (exact) mass is 441 g/mol. The Morgan fingerprint density at radius 2 is 1.56 bits per heavy atom. The van der Waals surface area contributed by atoms with Gasteiger partial charge in [0.15, 0.2) is 0 Å². The van der Waals surface area contributed by atoms with Crippen molar-refractivity contribution in [3.63, 3.8) is 0 Å². The molecular weight excluding hydrogens is 413 g/mol. The standard InChI is InChI=1S/C23H28FN5O3/c1-27-15-18(14-25-27)21(30)26-20-8-12-29(13-9-20)23(32)17-6-10-28(11-7-17)22(31)16-2-4-19(24)5-3-16/h2-5,14-15,17,20H,6-13H2,1H3,(H,26,30). The second kappa shape index (κ2) is 9.50. The van der Waals surface area contributed by atoms with Gasteiger partial charge in [0.25, 0.3) is 11.8 Å². The fourth-order valence-electron chi connectivity index (χ4n) is 4.41. The third-order valence-electron chi connectivity index (χ3n) is 6.33. The molecule has 170 valence electrons. The van der Waals surface area contributed by atoms with Gasteiger partial charge in [-0.15, -0.1) is 0 Å². The Kier molecular flexibility index (Phi) is 6.53. The molecule has 0 unspecified atom stereocenters. The van der Waals surface area contributed by atoms with Crippen LogP contribution in [-0.2, 0) is 11.8 Å². The normalized spacial score (nSPS) is 17.9. The molecule has 1 aromatic heterocycles. The van der Waals surface area contributed by atoms with E-state index in [4.69, 9.17) is 0 Å². The fraction of sp³-hybridized carbons (Fsp3) is 0.478. The van der Waals surface area contributed by atoms with Crippen molar-refractivity contribution in [1.29, 1.82) is 0 Å². The van der Waals surface area contributed by atoms with Crippen molar-refractivity contribution in [2.45, 2.75) is 31.7 Å². The first-order valence-electron chi connectivity index (χ1n) is 11.0. The summed E-state index contributed by atoms with van der Waals surface area (Å²) in [5.41, 5.74) is 1.000. The van der Waals surface area contributed by atoms with Gasteiger partial charge in [-0.3, -0.25) is 19.1 Å². The number of likely N-dealkylation sites (tertiary alicyclic amines) is 2. The molecule has 1 N–H and O–H groups in total. The molecular formula is C23H28FN5O3. The van der Waals surface area contributed by atoms with Crippen LogP contribution in [0.4, 0.5) is 4.39 Å². The van der Waals surface area contributed by atoms with Crippen molar-refractivity contribution in [2.75, 3.05) is 26.2 Å². The lowest BCUT2D eigenvalue weighted by molar-refractivity contribution is -0.138. The second-order valence-electron chi connectivity index (χ2n) is 8.55. The van der Waals surface area contributed by atoms with E-state index in [0.717, 1.165) is 12.8 Å². The lowest BCUT2D eigenvalue weighted by atomic mass is 9.93. The van der Waals surface area contributed by atoms with Gasteiger partial charge in [-0.25, -0.2) is 4.39 Å². The topological polar surface area (TPSA) is 87.5 Å². The van der Waals surface area contributed by atoms with E-state index in [1.54, 1.807) is 29.0 Å². The third kappa shape index (κ3) is 4.98. The Hall–Kier alpha value is -3.23. The van der Waals surface area contributed by atoms with E-state index in [0.29, 0.717) is 50.1 Å². The molecule has 0 bridgehead atoms. The van der Waals surface area contributed by atoms with Crippen molar-refractivity contribution in [3.05, 3.63) is 53.6 Å². The highest BCUT2D eigenvalue weighted by Crippen LogP contribution is 2.23. The van der Waals surface area contributed by atoms with Gasteiger partial charge in [0, 0.05) is 56.9 Å². The minimum absolute atomic E-state index is 0.0435. The molecule has 1 aromatic carbocycles. The molecule has 0 radical (unpaired) electrons. The Morgan fingerprint density at radius 1 is 0.938 bits per heavy atom. The van der Waals surface area contributed by atoms with Crippen molar-refractivity contribution in [2.24, 2.45) is 13.0 Å². The smallest absolute Gasteiger partial charge is 0.254 e. The Morgan fingerprint density at radius 3 is 2.16 bits per heavy atom. The molecule has 2 fully saturated rings. The van der Waals surface area contributed by atoms with E-state index >= 15 is 0 Å². The summed E-state index contributed by atoms with van der Waals surface area (Å²) in [6, 6.07) is 5.60. The van der Waals surface area contributed by atoms with Gasteiger partial charge in [-0.1, -0.05) is 0 Å². The number of benzene rings is 1. The quantitative estimate of drug-likeness (QED) is 0.784. The van der Waals surface area contributed by atoms with Crippen LogP contribution < -0.4 is 5.32 Å². The highest BCUT2D eigenvalue weighted by molar-refractivity contribution is 5.94. The largest absolute Gasteiger partial charge is 0.349 e. The number of aryl methyl sites for hydroxylation is 1. The van der Waals surface area contributed by atoms with Crippen LogP contribution in [-0.4, -0.2) is 69.5 Å². The lowest BCUT2D eigenvalue weighted by Gasteiger charge is -2.37. The van der Waals surface area contributed by atoms with Gasteiger partial charge in [0.1, 0.15) is 5.82 Å². The van der Waals surface area contributed by atoms with Gasteiger partial charge < -0.3 is 15.1 Å². The predicted octanol–water partition coefficient (Wildman–Crippen LogP) is 1.83. The lowest BCUT2D eigenvalue weighted by Crippen LogP contribution is -2.49. The Bertz CT molecular complexity index is 974. The number of nitrogens with one attached hydrogen (secondary N) is 1. The SMILES string of the molecule is Cn1cc(C(=O)NC2CCN(C(=O)C3CCN(C(=O)c4ccc(F)cc4)CC3)CC2)cn1. The fourth-order valence-corrected chi connectivity index (χ4v) is 4.41. The van der Waals surface area contributed by atoms with E-state index in [1.807, 2.05) is 4.90 Å². The first-order valence-corrected chi connectivity index (χ1v) is 11.0.